The van der Waals surface area contributed by atoms with Crippen LogP contribution < -0.4 is 15.4 Å². The predicted octanol–water partition coefficient (Wildman–Crippen LogP) is 2.76. The summed E-state index contributed by atoms with van der Waals surface area (Å²) in [6.45, 7) is 4.81. The lowest BCUT2D eigenvalue weighted by Gasteiger charge is -2.25. The number of sulfonamides is 1. The maximum atomic E-state index is 12.8. The normalized spacial score (nSPS) is 18.1. The highest BCUT2D eigenvalue weighted by Gasteiger charge is 2.26. The zero-order valence-electron chi connectivity index (χ0n) is 18.2. The molecule has 2 aromatic rings. The van der Waals surface area contributed by atoms with Crippen LogP contribution in [-0.2, 0) is 10.0 Å². The number of fused-ring (bicyclic) bond motifs is 1. The Morgan fingerprint density at radius 1 is 1.16 bits per heavy atom. The molecule has 0 radical (unpaired) electrons. The second-order valence-electron chi connectivity index (χ2n) is 7.88. The summed E-state index contributed by atoms with van der Waals surface area (Å²) in [5.74, 6) is 1.01. The highest BCUT2D eigenvalue weighted by Crippen LogP contribution is 2.27. The Hall–Kier alpha value is -3.11. The molecule has 0 aromatic heterocycles. The van der Waals surface area contributed by atoms with Crippen molar-refractivity contribution in [1.29, 1.82) is 0 Å². The van der Waals surface area contributed by atoms with E-state index in [4.69, 9.17) is 4.74 Å². The Kier molecular flexibility index (Phi) is 6.33. The van der Waals surface area contributed by atoms with Crippen LogP contribution >= 0.6 is 0 Å². The van der Waals surface area contributed by atoms with Gasteiger partial charge in [0.05, 0.1) is 25.0 Å². The van der Waals surface area contributed by atoms with E-state index in [-0.39, 0.29) is 10.9 Å². The molecule has 4 rings (SSSR count). The van der Waals surface area contributed by atoms with Crippen molar-refractivity contribution in [2.75, 3.05) is 50.5 Å². The van der Waals surface area contributed by atoms with Crippen molar-refractivity contribution in [3.05, 3.63) is 48.0 Å². The first-order chi connectivity index (χ1) is 15.4. The van der Waals surface area contributed by atoms with Gasteiger partial charge in [-0.1, -0.05) is 18.2 Å². The average molecular weight is 458 g/mol. The molecule has 2 N–H and O–H groups in total. The van der Waals surface area contributed by atoms with Gasteiger partial charge in [0.2, 0.25) is 0 Å². The summed E-state index contributed by atoms with van der Waals surface area (Å²) in [5, 5.41) is 6.07. The van der Waals surface area contributed by atoms with Crippen LogP contribution in [0.15, 0.2) is 51.8 Å². The largest absolute Gasteiger partial charge is 0.495 e. The summed E-state index contributed by atoms with van der Waals surface area (Å²) in [7, 11) is -2.13. The van der Waals surface area contributed by atoms with Crippen molar-refractivity contribution in [2.24, 2.45) is 4.40 Å². The molecule has 0 bridgehead atoms. The molecule has 9 nitrogen and oxygen atoms in total. The third-order valence-electron chi connectivity index (χ3n) is 5.52. The van der Waals surface area contributed by atoms with E-state index in [0.29, 0.717) is 49.1 Å². The number of aryl methyl sites for hydroxylation is 1. The van der Waals surface area contributed by atoms with Gasteiger partial charge in [0, 0.05) is 26.2 Å². The molecule has 0 aliphatic carbocycles. The second kappa shape index (κ2) is 9.17. The standard InChI is InChI=1S/C22H27N5O4S/c1-16-8-9-19(31-2)18(14-16)24-22(28)27-11-5-10-26(12-13-27)15-21-23-17-6-3-4-7-20(17)32(29,30)25-21/h3-4,6-9,14H,5,10-13,15H2,1-2H3,(H,23,25)(H,24,28). The first-order valence-corrected chi connectivity index (χ1v) is 11.9. The van der Waals surface area contributed by atoms with Gasteiger partial charge in [-0.05, 0) is 43.2 Å². The number of rotatable bonds is 4. The Bertz CT molecular complexity index is 1150. The third-order valence-corrected chi connectivity index (χ3v) is 6.89. The number of methoxy groups -OCH3 is 1. The number of carbonyl (C=O) groups excluding carboxylic acids is 1. The maximum Gasteiger partial charge on any atom is 0.321 e. The molecule has 10 heteroatoms. The minimum absolute atomic E-state index is 0.180. The van der Waals surface area contributed by atoms with E-state index in [1.165, 1.54) is 0 Å². The first kappa shape index (κ1) is 22.1. The molecule has 32 heavy (non-hydrogen) atoms. The topological polar surface area (TPSA) is 103 Å². The smallest absolute Gasteiger partial charge is 0.321 e. The molecule has 0 saturated carbocycles. The number of amides is 2. The number of nitrogens with one attached hydrogen (secondary N) is 2. The molecule has 0 spiro atoms. The van der Waals surface area contributed by atoms with Gasteiger partial charge >= 0.3 is 6.03 Å². The lowest BCUT2D eigenvalue weighted by molar-refractivity contribution is 0.212. The van der Waals surface area contributed by atoms with Gasteiger partial charge in [-0.15, -0.1) is 4.40 Å². The van der Waals surface area contributed by atoms with Gasteiger partial charge in [-0.25, -0.2) is 4.79 Å². The number of anilines is 2. The van der Waals surface area contributed by atoms with Crippen LogP contribution in [0.4, 0.5) is 16.2 Å². The average Bonchev–Trinajstić information content (AvgIpc) is 2.99. The molecule has 1 fully saturated rings. The van der Waals surface area contributed by atoms with Gasteiger partial charge in [-0.2, -0.15) is 8.42 Å². The zero-order chi connectivity index (χ0) is 22.7. The van der Waals surface area contributed by atoms with Crippen molar-refractivity contribution in [3.63, 3.8) is 0 Å². The van der Waals surface area contributed by atoms with E-state index in [0.717, 1.165) is 18.5 Å². The van der Waals surface area contributed by atoms with E-state index < -0.39 is 10.0 Å². The molecular formula is C22H27N5O4S. The SMILES string of the molecule is COc1ccc(C)cc1NC(=O)N1CCCN(CC2=NS(=O)(=O)c3ccccc3N2)CC1. The Labute approximate surface area is 188 Å². The highest BCUT2D eigenvalue weighted by molar-refractivity contribution is 7.90. The number of hydrogen-bond donors (Lipinski definition) is 2. The number of nitrogens with zero attached hydrogens (tertiary/aromatic N) is 3. The molecule has 170 valence electrons. The van der Waals surface area contributed by atoms with Crippen molar-refractivity contribution in [2.45, 2.75) is 18.2 Å². The lowest BCUT2D eigenvalue weighted by atomic mass is 10.2. The maximum absolute atomic E-state index is 12.8. The predicted molar refractivity (Wildman–Crippen MR) is 124 cm³/mol. The van der Waals surface area contributed by atoms with Crippen LogP contribution in [0, 0.1) is 6.92 Å². The zero-order valence-corrected chi connectivity index (χ0v) is 19.0. The van der Waals surface area contributed by atoms with E-state index >= 15 is 0 Å². The van der Waals surface area contributed by atoms with E-state index in [1.807, 2.05) is 25.1 Å². The lowest BCUT2D eigenvalue weighted by Crippen LogP contribution is -2.40. The Morgan fingerprint density at radius 3 is 2.78 bits per heavy atom. The molecular weight excluding hydrogens is 430 g/mol. The van der Waals surface area contributed by atoms with Crippen molar-refractivity contribution < 1.29 is 17.9 Å². The molecule has 2 amide bonds. The fraction of sp³-hybridized carbons (Fsp3) is 0.364. The van der Waals surface area contributed by atoms with E-state index in [9.17, 15) is 13.2 Å². The quantitative estimate of drug-likeness (QED) is 0.732. The molecule has 0 atom stereocenters. The minimum Gasteiger partial charge on any atom is -0.495 e. The molecule has 1 saturated heterocycles. The number of ether oxygens (including phenoxy) is 1. The van der Waals surface area contributed by atoms with Crippen molar-refractivity contribution in [3.8, 4) is 5.75 Å². The van der Waals surface area contributed by atoms with Crippen LogP contribution in [0.1, 0.15) is 12.0 Å². The first-order valence-electron chi connectivity index (χ1n) is 10.5. The van der Waals surface area contributed by atoms with Crippen LogP contribution in [0.3, 0.4) is 0 Å². The number of amidine groups is 1. The number of para-hydroxylation sites is 1. The molecule has 0 unspecified atom stereocenters. The Balaban J connectivity index is 1.38. The van der Waals surface area contributed by atoms with Gasteiger partial charge in [-0.3, -0.25) is 4.90 Å². The minimum atomic E-state index is -3.71. The highest BCUT2D eigenvalue weighted by atomic mass is 32.2. The summed E-state index contributed by atoms with van der Waals surface area (Å²) in [4.78, 5) is 16.9. The van der Waals surface area contributed by atoms with Gasteiger partial charge in [0.25, 0.3) is 10.0 Å². The summed E-state index contributed by atoms with van der Waals surface area (Å²) >= 11 is 0. The fourth-order valence-corrected chi connectivity index (χ4v) is 5.03. The summed E-state index contributed by atoms with van der Waals surface area (Å²) in [6.07, 6.45) is 0.773. The summed E-state index contributed by atoms with van der Waals surface area (Å²) in [5.41, 5.74) is 2.21. The molecule has 2 aliphatic heterocycles. The second-order valence-corrected chi connectivity index (χ2v) is 9.46. The third kappa shape index (κ3) is 4.86. The summed E-state index contributed by atoms with van der Waals surface area (Å²) in [6, 6.07) is 12.2. The fourth-order valence-electron chi connectivity index (χ4n) is 3.89. The number of hydrogen-bond acceptors (Lipinski definition) is 6. The number of benzene rings is 2. The molecule has 2 heterocycles. The van der Waals surface area contributed by atoms with Crippen molar-refractivity contribution >= 4 is 33.3 Å². The van der Waals surface area contributed by atoms with Crippen LogP contribution in [0.2, 0.25) is 0 Å². The summed E-state index contributed by atoms with van der Waals surface area (Å²) < 4.78 is 34.2. The van der Waals surface area contributed by atoms with Gasteiger partial charge < -0.3 is 20.3 Å². The van der Waals surface area contributed by atoms with Crippen LogP contribution in [-0.4, -0.2) is 69.9 Å². The van der Waals surface area contributed by atoms with E-state index in [2.05, 4.69) is 19.9 Å². The van der Waals surface area contributed by atoms with E-state index in [1.54, 1.807) is 36.3 Å². The monoisotopic (exact) mass is 457 g/mol. The van der Waals surface area contributed by atoms with Crippen LogP contribution in [0.25, 0.3) is 0 Å². The van der Waals surface area contributed by atoms with Gasteiger partial charge in [0.15, 0.2) is 0 Å². The number of carbonyl (C=O) groups is 1. The molecule has 2 aliphatic rings. The van der Waals surface area contributed by atoms with Gasteiger partial charge in [0.1, 0.15) is 16.5 Å². The van der Waals surface area contributed by atoms with Crippen molar-refractivity contribution in [1.82, 2.24) is 9.80 Å². The van der Waals surface area contributed by atoms with Crippen LogP contribution in [0.5, 0.6) is 5.75 Å². The Morgan fingerprint density at radius 2 is 1.97 bits per heavy atom. The molecule has 2 aromatic carbocycles. The number of urea groups is 1.